The van der Waals surface area contributed by atoms with Crippen LogP contribution in [0.1, 0.15) is 30.1 Å². The van der Waals surface area contributed by atoms with Gasteiger partial charge < -0.3 is 4.90 Å². The average Bonchev–Trinajstić information content (AvgIpc) is 3.21. The van der Waals surface area contributed by atoms with Gasteiger partial charge in [0.05, 0.1) is 15.1 Å². The molecule has 3 aromatic rings. The van der Waals surface area contributed by atoms with E-state index in [9.17, 15) is 13.2 Å². The van der Waals surface area contributed by atoms with Gasteiger partial charge in [0.25, 0.3) is 5.91 Å². The number of carbonyl (C=O) groups excluding carboxylic acids is 1. The fourth-order valence-electron chi connectivity index (χ4n) is 4.02. The van der Waals surface area contributed by atoms with Crippen molar-refractivity contribution < 1.29 is 13.2 Å². The lowest BCUT2D eigenvalue weighted by molar-refractivity contribution is 0.0985. The van der Waals surface area contributed by atoms with Crippen LogP contribution in [0, 0.1) is 5.92 Å². The number of piperidine rings is 1. The number of carbonyl (C=O) groups is 1. The molecule has 1 amide bonds. The molecule has 190 valence electrons. The van der Waals surface area contributed by atoms with Crippen molar-refractivity contribution in [1.82, 2.24) is 14.2 Å². The topological polar surface area (TPSA) is 73.8 Å². The molecule has 1 fully saturated rings. The second-order valence-electron chi connectivity index (χ2n) is 9.00. The smallest absolute Gasteiger partial charge is 0.260 e. The van der Waals surface area contributed by atoms with E-state index in [1.54, 1.807) is 27.4 Å². The molecule has 11 heteroatoms. The number of nitrogens with zero attached hydrogens (tertiary/aromatic N) is 4. The molecule has 0 bridgehead atoms. The zero-order valence-electron chi connectivity index (χ0n) is 20.0. The zero-order chi connectivity index (χ0) is 24.5. The fourth-order valence-corrected chi connectivity index (χ4v) is 6.89. The van der Waals surface area contributed by atoms with Crippen molar-refractivity contribution in [1.29, 1.82) is 0 Å². The molecule has 1 aliphatic rings. The van der Waals surface area contributed by atoms with Crippen LogP contribution in [-0.4, -0.2) is 68.8 Å². The summed E-state index contributed by atoms with van der Waals surface area (Å²) < 4.78 is 28.6. The number of hydrogen-bond acceptors (Lipinski definition) is 6. The predicted molar refractivity (Wildman–Crippen MR) is 146 cm³/mol. The standard InChI is InChI=1S/C24H29ClN4O3S2.ClH/c1-17-5-4-12-28(16-17)34(31,32)20-9-6-18(7-10-20)23(30)29(14-13-27(2)3)24-26-21-11-8-19(25)15-22(21)33-24;/h6-11,15,17H,4-5,12-14,16H2,1-3H3;1H. The molecule has 1 unspecified atom stereocenters. The van der Waals surface area contributed by atoms with Crippen LogP contribution in [0.2, 0.25) is 5.02 Å². The molecule has 0 radical (unpaired) electrons. The molecule has 1 saturated heterocycles. The van der Waals surface area contributed by atoms with Crippen LogP contribution in [0.15, 0.2) is 47.4 Å². The fraction of sp³-hybridized carbons (Fsp3) is 0.417. The summed E-state index contributed by atoms with van der Waals surface area (Å²) in [4.78, 5) is 22.0. The highest BCUT2D eigenvalue weighted by Gasteiger charge is 2.29. The summed E-state index contributed by atoms with van der Waals surface area (Å²) in [6.07, 6.45) is 1.91. The number of halogens is 2. The van der Waals surface area contributed by atoms with E-state index in [0.29, 0.717) is 47.8 Å². The van der Waals surface area contributed by atoms with E-state index in [1.807, 2.05) is 31.1 Å². The van der Waals surface area contributed by atoms with Crippen molar-refractivity contribution in [2.75, 3.05) is 45.2 Å². The molecule has 4 rings (SSSR count). The van der Waals surface area contributed by atoms with E-state index in [-0.39, 0.29) is 23.2 Å². The van der Waals surface area contributed by atoms with Gasteiger partial charge in [0.15, 0.2) is 5.13 Å². The van der Waals surface area contributed by atoms with Gasteiger partial charge in [0.1, 0.15) is 0 Å². The Hall–Kier alpha value is -1.75. The summed E-state index contributed by atoms with van der Waals surface area (Å²) in [5.41, 5.74) is 1.20. The van der Waals surface area contributed by atoms with Crippen LogP contribution in [0.4, 0.5) is 5.13 Å². The second kappa shape index (κ2) is 11.5. The number of anilines is 1. The Bertz CT molecular complexity index is 1280. The van der Waals surface area contributed by atoms with Gasteiger partial charge in [0.2, 0.25) is 10.0 Å². The summed E-state index contributed by atoms with van der Waals surface area (Å²) in [5, 5.41) is 1.21. The van der Waals surface area contributed by atoms with Gasteiger partial charge in [-0.25, -0.2) is 13.4 Å². The van der Waals surface area contributed by atoms with Gasteiger partial charge in [-0.3, -0.25) is 9.69 Å². The van der Waals surface area contributed by atoms with Crippen LogP contribution >= 0.6 is 35.3 Å². The maximum Gasteiger partial charge on any atom is 0.260 e. The van der Waals surface area contributed by atoms with Gasteiger partial charge in [-0.05, 0) is 75.3 Å². The lowest BCUT2D eigenvalue weighted by atomic mass is 10.0. The third-order valence-electron chi connectivity index (χ3n) is 5.94. The van der Waals surface area contributed by atoms with Crippen LogP contribution < -0.4 is 4.90 Å². The molecule has 1 atom stereocenters. The highest BCUT2D eigenvalue weighted by molar-refractivity contribution is 7.89. The number of rotatable bonds is 7. The molecule has 2 aromatic carbocycles. The molecule has 35 heavy (non-hydrogen) atoms. The van der Waals surface area contributed by atoms with E-state index in [0.717, 1.165) is 23.1 Å². The number of amides is 1. The zero-order valence-corrected chi connectivity index (χ0v) is 23.2. The highest BCUT2D eigenvalue weighted by atomic mass is 35.5. The van der Waals surface area contributed by atoms with Gasteiger partial charge in [-0.15, -0.1) is 12.4 Å². The minimum Gasteiger partial charge on any atom is -0.308 e. The van der Waals surface area contributed by atoms with E-state index in [1.165, 1.54) is 23.5 Å². The Morgan fingerprint density at radius 1 is 1.17 bits per heavy atom. The molecule has 0 N–H and O–H groups in total. The molecule has 0 saturated carbocycles. The van der Waals surface area contributed by atoms with Gasteiger partial charge in [-0.2, -0.15) is 4.31 Å². The molecule has 0 aliphatic carbocycles. The van der Waals surface area contributed by atoms with Gasteiger partial charge in [-0.1, -0.05) is 29.9 Å². The largest absolute Gasteiger partial charge is 0.308 e. The molecular weight excluding hydrogens is 527 g/mol. The summed E-state index contributed by atoms with van der Waals surface area (Å²) in [6.45, 7) is 4.24. The van der Waals surface area contributed by atoms with Crippen molar-refractivity contribution in [3.8, 4) is 0 Å². The highest BCUT2D eigenvalue weighted by Crippen LogP contribution is 2.32. The molecule has 7 nitrogen and oxygen atoms in total. The van der Waals surface area contributed by atoms with Crippen molar-refractivity contribution in [3.63, 3.8) is 0 Å². The number of aromatic nitrogens is 1. The number of sulfonamides is 1. The maximum atomic E-state index is 13.5. The number of hydrogen-bond donors (Lipinski definition) is 0. The first-order chi connectivity index (χ1) is 16.1. The summed E-state index contributed by atoms with van der Waals surface area (Å²) >= 11 is 7.53. The summed E-state index contributed by atoms with van der Waals surface area (Å²) in [5.74, 6) is 0.126. The number of benzene rings is 2. The van der Waals surface area contributed by atoms with E-state index >= 15 is 0 Å². The molecular formula is C24H30Cl2N4O3S2. The van der Waals surface area contributed by atoms with Gasteiger partial charge in [0, 0.05) is 36.8 Å². The lowest BCUT2D eigenvalue weighted by Crippen LogP contribution is -2.39. The van der Waals surface area contributed by atoms with E-state index in [4.69, 9.17) is 11.6 Å². The van der Waals surface area contributed by atoms with Crippen LogP contribution in [-0.2, 0) is 10.0 Å². The second-order valence-corrected chi connectivity index (χ2v) is 12.4. The van der Waals surface area contributed by atoms with Gasteiger partial charge >= 0.3 is 0 Å². The Morgan fingerprint density at radius 2 is 1.89 bits per heavy atom. The maximum absolute atomic E-state index is 13.5. The first-order valence-corrected chi connectivity index (χ1v) is 13.9. The predicted octanol–water partition coefficient (Wildman–Crippen LogP) is 5.00. The van der Waals surface area contributed by atoms with E-state index in [2.05, 4.69) is 11.9 Å². The minimum atomic E-state index is -3.57. The van der Waals surface area contributed by atoms with E-state index < -0.39 is 10.0 Å². The number of fused-ring (bicyclic) bond motifs is 1. The Labute approximate surface area is 222 Å². The minimum absolute atomic E-state index is 0. The Kier molecular flexibility index (Phi) is 9.17. The Balaban J connectivity index is 0.00000342. The van der Waals surface area contributed by atoms with Crippen LogP contribution in [0.5, 0.6) is 0 Å². The van der Waals surface area contributed by atoms with Crippen molar-refractivity contribution in [2.45, 2.75) is 24.7 Å². The molecule has 2 heterocycles. The monoisotopic (exact) mass is 556 g/mol. The average molecular weight is 558 g/mol. The molecule has 1 aliphatic heterocycles. The first-order valence-electron chi connectivity index (χ1n) is 11.3. The van der Waals surface area contributed by atoms with Crippen molar-refractivity contribution >= 4 is 66.6 Å². The third kappa shape index (κ3) is 6.34. The molecule has 0 spiro atoms. The normalized spacial score (nSPS) is 16.9. The number of thiazole rings is 1. The van der Waals surface area contributed by atoms with Crippen LogP contribution in [0.3, 0.4) is 0 Å². The quantitative estimate of drug-likeness (QED) is 0.409. The molecule has 1 aromatic heterocycles. The number of likely N-dealkylation sites (N-methyl/N-ethyl adjacent to an activating group) is 1. The van der Waals surface area contributed by atoms with Crippen molar-refractivity contribution in [2.24, 2.45) is 5.92 Å². The first kappa shape index (κ1) is 27.8. The van der Waals surface area contributed by atoms with Crippen molar-refractivity contribution in [3.05, 3.63) is 53.1 Å². The Morgan fingerprint density at radius 3 is 2.54 bits per heavy atom. The lowest BCUT2D eigenvalue weighted by Gasteiger charge is -2.30. The SMILES string of the molecule is CC1CCCN(S(=O)(=O)c2ccc(C(=O)N(CCN(C)C)c3nc4ccc(Cl)cc4s3)cc2)C1.Cl. The summed E-state index contributed by atoms with van der Waals surface area (Å²) in [7, 11) is 0.319. The summed E-state index contributed by atoms with van der Waals surface area (Å²) in [6, 6.07) is 11.7. The third-order valence-corrected chi connectivity index (χ3v) is 9.10. The van der Waals surface area contributed by atoms with Crippen LogP contribution in [0.25, 0.3) is 10.2 Å².